The normalized spacial score (nSPS) is 23.2. The number of rotatable bonds is 9. The molecule has 0 bridgehead atoms. The zero-order valence-corrected chi connectivity index (χ0v) is 38.8. The molecule has 3 nitrogen and oxygen atoms in total. The first-order valence-electron chi connectivity index (χ1n) is 24.6. The van der Waals surface area contributed by atoms with Crippen LogP contribution in [-0.4, -0.2) is 17.2 Å². The summed E-state index contributed by atoms with van der Waals surface area (Å²) in [5.74, 6) is 1.88. The van der Waals surface area contributed by atoms with Crippen LogP contribution in [0.5, 0.6) is 5.75 Å². The molecule has 1 unspecified atom stereocenters. The molecule has 0 radical (unpaired) electrons. The predicted octanol–water partition coefficient (Wildman–Crippen LogP) is 16.5. The van der Waals surface area contributed by atoms with E-state index in [2.05, 4.69) is 188 Å². The number of allylic oxidation sites excluding steroid dienone is 8. The second-order valence-corrected chi connectivity index (χ2v) is 19.4. The summed E-state index contributed by atoms with van der Waals surface area (Å²) in [6.07, 6.45) is 22.4. The third kappa shape index (κ3) is 9.14. The highest BCUT2D eigenvalue weighted by Gasteiger charge is 2.32. The molecule has 332 valence electrons. The van der Waals surface area contributed by atoms with E-state index >= 15 is 0 Å². The van der Waals surface area contributed by atoms with Crippen LogP contribution in [0.2, 0.25) is 0 Å². The summed E-state index contributed by atoms with van der Waals surface area (Å²) in [7, 11) is 0. The Morgan fingerprint density at radius 2 is 1.21 bits per heavy atom. The van der Waals surface area contributed by atoms with Crippen LogP contribution in [0.1, 0.15) is 111 Å². The average molecular weight is 865 g/mol. The van der Waals surface area contributed by atoms with Crippen molar-refractivity contribution >= 4 is 28.2 Å². The van der Waals surface area contributed by atoms with Gasteiger partial charge in [-0.3, -0.25) is 0 Å². The van der Waals surface area contributed by atoms with Gasteiger partial charge in [-0.1, -0.05) is 153 Å². The number of aromatic hydroxyl groups is 1. The molecule has 6 aromatic carbocycles. The van der Waals surface area contributed by atoms with E-state index in [1.807, 2.05) is 18.2 Å². The summed E-state index contributed by atoms with van der Waals surface area (Å²) in [5.41, 5.74) is 17.8. The minimum Gasteiger partial charge on any atom is -0.507 e. The van der Waals surface area contributed by atoms with Crippen LogP contribution >= 0.6 is 0 Å². The minimum absolute atomic E-state index is 0.338. The molecular formula is C63H64N2O. The molecule has 4 aliphatic rings. The third-order valence-corrected chi connectivity index (χ3v) is 15.2. The summed E-state index contributed by atoms with van der Waals surface area (Å²) in [4.78, 5) is 5.18. The molecule has 10 rings (SSSR count). The van der Waals surface area contributed by atoms with Crippen molar-refractivity contribution in [1.29, 1.82) is 0 Å². The standard InChI is InChI=1S/C63H64N2O/c1-44-41-60(46(3)61(42-44)59-22-11-13-24-63(59)66)51-31-39-58(40-32-51)65(56-35-25-48(26-36-56)47-16-7-5-8-17-47)57-37-29-50(30-38-57)54-21-14-20-53(43-54)49-27-33-55(34-28-49)64-45(2)15-6-4-9-18-52-19-10-12-23-62(52)64/h4-17,19-26,31-32,35-36,39-40,42-44,49-50,55,57,66H,2,18,27-30,33-34,37-38,41H2,1,3H3/b9-4-,15-6-. The van der Waals surface area contributed by atoms with Crippen molar-refractivity contribution in [3.8, 4) is 16.9 Å². The Balaban J connectivity index is 0.860. The fourth-order valence-electron chi connectivity index (χ4n) is 11.7. The van der Waals surface area contributed by atoms with Crippen LogP contribution in [-0.2, 0) is 6.42 Å². The number of phenolic OH excluding ortho intramolecular Hbond substituents is 1. The Bertz CT molecular complexity index is 2770. The highest BCUT2D eigenvalue weighted by atomic mass is 16.3. The molecule has 0 spiro atoms. The number of benzene rings is 6. The van der Waals surface area contributed by atoms with E-state index in [4.69, 9.17) is 0 Å². The van der Waals surface area contributed by atoms with Crippen molar-refractivity contribution in [3.05, 3.63) is 228 Å². The van der Waals surface area contributed by atoms with Gasteiger partial charge in [-0.2, -0.15) is 0 Å². The van der Waals surface area contributed by atoms with Gasteiger partial charge in [-0.25, -0.2) is 0 Å². The number of hydrogen-bond acceptors (Lipinski definition) is 3. The van der Waals surface area contributed by atoms with Crippen molar-refractivity contribution in [2.75, 3.05) is 9.80 Å². The predicted molar refractivity (Wildman–Crippen MR) is 279 cm³/mol. The average Bonchev–Trinajstić information content (AvgIpc) is 3.44. The van der Waals surface area contributed by atoms with E-state index in [1.54, 1.807) is 6.07 Å². The lowest BCUT2D eigenvalue weighted by atomic mass is 9.77. The van der Waals surface area contributed by atoms with Crippen molar-refractivity contribution in [2.45, 2.75) is 102 Å². The van der Waals surface area contributed by atoms with E-state index in [0.29, 0.717) is 35.6 Å². The van der Waals surface area contributed by atoms with Gasteiger partial charge in [0.05, 0.1) is 0 Å². The van der Waals surface area contributed by atoms with Crippen LogP contribution in [0.4, 0.5) is 17.1 Å². The lowest BCUT2D eigenvalue weighted by Crippen LogP contribution is -2.37. The molecule has 0 amide bonds. The van der Waals surface area contributed by atoms with E-state index in [0.717, 1.165) is 42.5 Å². The van der Waals surface area contributed by atoms with Gasteiger partial charge in [0.2, 0.25) is 0 Å². The Hall–Kier alpha value is -6.58. The van der Waals surface area contributed by atoms with Crippen molar-refractivity contribution in [2.24, 2.45) is 5.92 Å². The number of anilines is 3. The highest BCUT2D eigenvalue weighted by Crippen LogP contribution is 2.45. The maximum atomic E-state index is 10.8. The molecule has 3 heteroatoms. The molecule has 6 aromatic rings. The SMILES string of the molecule is C=C1/C=C\C=C/Cc2ccccc2N1C1CCC(c2cccc(C3CCC(N(c4ccc(C5=C(C)C(c6ccccc6O)=CC(C)C5)cc4)c4ccc(-c5ccccc5)cc4)CC3)c2)CC1. The van der Waals surface area contributed by atoms with Crippen molar-refractivity contribution in [3.63, 3.8) is 0 Å². The van der Waals surface area contributed by atoms with Gasteiger partial charge >= 0.3 is 0 Å². The number of fused-ring (bicyclic) bond motifs is 1. The molecule has 1 aliphatic heterocycles. The first kappa shape index (κ1) is 43.3. The van der Waals surface area contributed by atoms with Gasteiger partial charge in [0.25, 0.3) is 0 Å². The second kappa shape index (κ2) is 19.5. The number of phenols is 1. The molecule has 1 heterocycles. The van der Waals surface area contributed by atoms with Gasteiger partial charge in [-0.05, 0) is 181 Å². The fourth-order valence-corrected chi connectivity index (χ4v) is 11.7. The molecule has 66 heavy (non-hydrogen) atoms. The molecule has 1 N–H and O–H groups in total. The first-order valence-corrected chi connectivity index (χ1v) is 24.6. The van der Waals surface area contributed by atoms with Crippen molar-refractivity contribution < 1.29 is 5.11 Å². The molecule has 1 atom stereocenters. The van der Waals surface area contributed by atoms with Crippen molar-refractivity contribution in [1.82, 2.24) is 0 Å². The molecule has 0 saturated heterocycles. The monoisotopic (exact) mass is 865 g/mol. The Kier molecular flexibility index (Phi) is 12.8. The molecule has 0 aromatic heterocycles. The molecular weight excluding hydrogens is 801 g/mol. The van der Waals surface area contributed by atoms with Gasteiger partial charge in [0, 0.05) is 40.4 Å². The summed E-state index contributed by atoms with van der Waals surface area (Å²) in [6.45, 7) is 9.05. The molecule has 2 fully saturated rings. The van der Waals surface area contributed by atoms with E-state index < -0.39 is 0 Å². The van der Waals surface area contributed by atoms with Crippen LogP contribution in [0.25, 0.3) is 22.3 Å². The van der Waals surface area contributed by atoms with Crippen LogP contribution in [0.15, 0.2) is 200 Å². The quantitative estimate of drug-likeness (QED) is 0.157. The van der Waals surface area contributed by atoms with Gasteiger partial charge < -0.3 is 14.9 Å². The van der Waals surface area contributed by atoms with E-state index in [9.17, 15) is 5.11 Å². The highest BCUT2D eigenvalue weighted by molar-refractivity contribution is 5.92. The summed E-state index contributed by atoms with van der Waals surface area (Å²) >= 11 is 0. The number of hydrogen-bond donors (Lipinski definition) is 1. The van der Waals surface area contributed by atoms with Gasteiger partial charge in [0.15, 0.2) is 0 Å². The lowest BCUT2D eigenvalue weighted by molar-refractivity contribution is 0.383. The Morgan fingerprint density at radius 3 is 1.91 bits per heavy atom. The van der Waals surface area contributed by atoms with Crippen LogP contribution in [0.3, 0.4) is 0 Å². The second-order valence-electron chi connectivity index (χ2n) is 19.4. The van der Waals surface area contributed by atoms with Crippen LogP contribution in [0, 0.1) is 5.92 Å². The smallest absolute Gasteiger partial charge is 0.123 e. The van der Waals surface area contributed by atoms with Gasteiger partial charge in [-0.15, -0.1) is 0 Å². The van der Waals surface area contributed by atoms with Gasteiger partial charge in [0.1, 0.15) is 5.75 Å². The van der Waals surface area contributed by atoms with Crippen LogP contribution < -0.4 is 9.80 Å². The third-order valence-electron chi connectivity index (χ3n) is 15.2. The summed E-state index contributed by atoms with van der Waals surface area (Å²) in [5, 5.41) is 10.8. The van der Waals surface area contributed by atoms with E-state index in [-0.39, 0.29) is 0 Å². The molecule has 2 saturated carbocycles. The summed E-state index contributed by atoms with van der Waals surface area (Å²) in [6, 6.07) is 56.6. The summed E-state index contributed by atoms with van der Waals surface area (Å²) < 4.78 is 0. The fraction of sp³-hybridized carbons (Fsp3) is 0.270. The maximum Gasteiger partial charge on any atom is 0.123 e. The Labute approximate surface area is 393 Å². The Morgan fingerprint density at radius 1 is 0.606 bits per heavy atom. The lowest BCUT2D eigenvalue weighted by Gasteiger charge is -2.40. The number of nitrogens with zero attached hydrogens (tertiary/aromatic N) is 2. The topological polar surface area (TPSA) is 26.7 Å². The number of para-hydroxylation sites is 2. The van der Waals surface area contributed by atoms with E-state index in [1.165, 1.54) is 100 Å². The maximum absolute atomic E-state index is 10.8. The largest absolute Gasteiger partial charge is 0.507 e. The zero-order valence-electron chi connectivity index (χ0n) is 38.8. The minimum atomic E-state index is 0.338. The molecule has 3 aliphatic carbocycles. The zero-order chi connectivity index (χ0) is 45.0. The first-order chi connectivity index (χ1) is 32.4.